The molecule has 1 aromatic heterocycles. The Balaban J connectivity index is 0.00000218. The van der Waals surface area contributed by atoms with Crippen molar-refractivity contribution in [1.29, 1.82) is 0 Å². The molecule has 0 spiro atoms. The van der Waals surface area contributed by atoms with Gasteiger partial charge in [0.25, 0.3) is 0 Å². The summed E-state index contributed by atoms with van der Waals surface area (Å²) in [5.41, 5.74) is 2.49. The number of nitrogens with zero attached hydrogens (tertiary/aromatic N) is 1. The van der Waals surface area contributed by atoms with Crippen LogP contribution in [-0.4, -0.2) is 33.8 Å². The van der Waals surface area contributed by atoms with Gasteiger partial charge in [0.2, 0.25) is 5.78 Å². The number of ketones is 2. The van der Waals surface area contributed by atoms with Crippen molar-refractivity contribution in [1.82, 2.24) is 4.57 Å². The zero-order valence-corrected chi connectivity index (χ0v) is 18.0. The molecule has 1 aromatic carbocycles. The molecule has 0 bridgehead atoms. The predicted molar refractivity (Wildman–Crippen MR) is 119 cm³/mol. The molecule has 2 rings (SSSR count). The van der Waals surface area contributed by atoms with Crippen molar-refractivity contribution in [2.45, 2.75) is 40.7 Å². The van der Waals surface area contributed by atoms with Crippen LogP contribution < -0.4 is 4.74 Å². The van der Waals surface area contributed by atoms with E-state index in [1.165, 1.54) is 6.92 Å². The molecule has 2 aromatic rings. The zero-order chi connectivity index (χ0) is 22.8. The van der Waals surface area contributed by atoms with E-state index in [-0.39, 0.29) is 11.3 Å². The van der Waals surface area contributed by atoms with Crippen molar-refractivity contribution >= 4 is 28.4 Å². The van der Waals surface area contributed by atoms with Gasteiger partial charge in [-0.2, -0.15) is 0 Å². The van der Waals surface area contributed by atoms with Crippen LogP contribution in [0, 0.1) is 0 Å². The Kier molecular flexibility index (Phi) is 9.49. The molecule has 0 aliphatic heterocycles. The van der Waals surface area contributed by atoms with Crippen LogP contribution in [0.2, 0.25) is 0 Å². The molecule has 0 atom stereocenters. The summed E-state index contributed by atoms with van der Waals surface area (Å²) in [6.07, 6.45) is 5.66. The molecule has 0 fully saturated rings. The van der Waals surface area contributed by atoms with Crippen LogP contribution in [0.5, 0.6) is 5.75 Å². The number of hydrogen-bond donors (Lipinski definition) is 1. The second-order valence-corrected chi connectivity index (χ2v) is 6.16. The first-order valence-electron chi connectivity index (χ1n) is 9.83. The SMILES string of the molecule is C=C/C=C(\C=C)Cn1c(CC)c(C(=O)C(C)=O)c2c(OCC(=O)O)cccc21.CC. The number of carboxylic acids is 1. The van der Waals surface area contributed by atoms with E-state index in [0.29, 0.717) is 29.6 Å². The van der Waals surface area contributed by atoms with E-state index in [1.807, 2.05) is 37.5 Å². The minimum Gasteiger partial charge on any atom is -0.481 e. The number of ether oxygens (including phenoxy) is 1. The minimum absolute atomic E-state index is 0.255. The number of benzene rings is 1. The molecule has 0 aliphatic rings. The fourth-order valence-electron chi connectivity index (χ4n) is 3.17. The summed E-state index contributed by atoms with van der Waals surface area (Å²) in [6, 6.07) is 5.13. The van der Waals surface area contributed by atoms with Crippen LogP contribution in [0.1, 0.15) is 43.7 Å². The fourth-order valence-corrected chi connectivity index (χ4v) is 3.17. The first kappa shape index (κ1) is 24.6. The lowest BCUT2D eigenvalue weighted by Crippen LogP contribution is -2.14. The number of carbonyl (C=O) groups is 3. The van der Waals surface area contributed by atoms with Crippen LogP contribution in [0.25, 0.3) is 10.9 Å². The lowest BCUT2D eigenvalue weighted by atomic mass is 10.0. The predicted octanol–water partition coefficient (Wildman–Crippen LogP) is 4.76. The molecular formula is C24H29NO5. The van der Waals surface area contributed by atoms with Crippen molar-refractivity contribution in [3.8, 4) is 5.75 Å². The number of rotatable bonds is 10. The third kappa shape index (κ3) is 5.35. The van der Waals surface area contributed by atoms with Gasteiger partial charge in [0, 0.05) is 19.2 Å². The summed E-state index contributed by atoms with van der Waals surface area (Å²) in [7, 11) is 0. The Morgan fingerprint density at radius 2 is 1.87 bits per heavy atom. The highest BCUT2D eigenvalue weighted by Gasteiger charge is 2.26. The Labute approximate surface area is 177 Å². The molecular weight excluding hydrogens is 382 g/mol. The van der Waals surface area contributed by atoms with Gasteiger partial charge in [-0.1, -0.05) is 58.2 Å². The molecule has 0 radical (unpaired) electrons. The van der Waals surface area contributed by atoms with Crippen molar-refractivity contribution in [2.75, 3.05) is 6.61 Å². The Bertz CT molecular complexity index is 995. The third-order valence-electron chi connectivity index (χ3n) is 4.33. The van der Waals surface area contributed by atoms with Gasteiger partial charge in [0.05, 0.1) is 16.5 Å². The molecule has 0 saturated carbocycles. The fraction of sp³-hybridized carbons (Fsp3) is 0.292. The summed E-state index contributed by atoms with van der Waals surface area (Å²) in [4.78, 5) is 35.6. The molecule has 6 nitrogen and oxygen atoms in total. The van der Waals surface area contributed by atoms with Gasteiger partial charge < -0.3 is 14.4 Å². The van der Waals surface area contributed by atoms with Gasteiger partial charge in [-0.3, -0.25) is 9.59 Å². The second-order valence-electron chi connectivity index (χ2n) is 6.16. The number of fused-ring (bicyclic) bond motifs is 1. The van der Waals surface area contributed by atoms with Crippen LogP contribution in [0.3, 0.4) is 0 Å². The minimum atomic E-state index is -1.13. The standard InChI is InChI=1S/C22H23NO5.C2H6/c1-5-9-15(6-2)12-23-16(7-3)21(22(27)14(4)24)20-17(23)10-8-11-18(20)28-13-19(25)26;1-2/h5-6,8-11H,1-2,7,12-13H2,3-4H3,(H,25,26);1-2H3/b15-9+;. The summed E-state index contributed by atoms with van der Waals surface area (Å²) in [6.45, 7) is 14.5. The molecule has 0 aliphatic carbocycles. The molecule has 0 saturated heterocycles. The summed E-state index contributed by atoms with van der Waals surface area (Å²) in [5, 5.41) is 9.40. The highest BCUT2D eigenvalue weighted by molar-refractivity contribution is 6.45. The maximum atomic E-state index is 12.7. The monoisotopic (exact) mass is 411 g/mol. The number of allylic oxidation sites excluding steroid dienone is 4. The van der Waals surface area contributed by atoms with Gasteiger partial charge in [-0.05, 0) is 24.1 Å². The maximum absolute atomic E-state index is 12.7. The van der Waals surface area contributed by atoms with Crippen LogP contribution in [0.15, 0.2) is 55.2 Å². The third-order valence-corrected chi connectivity index (χ3v) is 4.33. The van der Waals surface area contributed by atoms with Gasteiger partial charge in [-0.15, -0.1) is 0 Å². The number of carbonyl (C=O) groups excluding carboxylic acids is 2. The average molecular weight is 411 g/mol. The molecule has 1 heterocycles. The largest absolute Gasteiger partial charge is 0.481 e. The normalized spacial score (nSPS) is 10.7. The number of Topliss-reactive ketones (excluding diaryl/α,β-unsaturated/α-hetero) is 2. The zero-order valence-electron chi connectivity index (χ0n) is 18.0. The molecule has 0 amide bonds. The van der Waals surface area contributed by atoms with Crippen LogP contribution >= 0.6 is 0 Å². The van der Waals surface area contributed by atoms with Crippen molar-refractivity contribution in [3.05, 3.63) is 66.4 Å². The molecule has 6 heteroatoms. The highest BCUT2D eigenvalue weighted by Crippen LogP contribution is 2.35. The lowest BCUT2D eigenvalue weighted by Gasteiger charge is -2.11. The van der Waals surface area contributed by atoms with E-state index in [2.05, 4.69) is 13.2 Å². The second kappa shape index (κ2) is 11.6. The van der Waals surface area contributed by atoms with Gasteiger partial charge >= 0.3 is 5.97 Å². The average Bonchev–Trinajstić information content (AvgIpc) is 3.06. The Morgan fingerprint density at radius 1 is 1.20 bits per heavy atom. The number of aliphatic carboxylic acids is 1. The van der Waals surface area contributed by atoms with Crippen molar-refractivity contribution in [2.24, 2.45) is 0 Å². The van der Waals surface area contributed by atoms with E-state index >= 15 is 0 Å². The quantitative estimate of drug-likeness (QED) is 0.346. The lowest BCUT2D eigenvalue weighted by molar-refractivity contribution is -0.139. The summed E-state index contributed by atoms with van der Waals surface area (Å²) >= 11 is 0. The van der Waals surface area contributed by atoms with Crippen LogP contribution in [-0.2, 0) is 22.6 Å². The maximum Gasteiger partial charge on any atom is 0.341 e. The van der Waals surface area contributed by atoms with Crippen molar-refractivity contribution < 1.29 is 24.2 Å². The Morgan fingerprint density at radius 3 is 2.37 bits per heavy atom. The summed E-state index contributed by atoms with van der Waals surface area (Å²) < 4.78 is 7.34. The van der Waals surface area contributed by atoms with Gasteiger partial charge in [-0.25, -0.2) is 4.79 Å². The molecule has 160 valence electrons. The van der Waals surface area contributed by atoms with Gasteiger partial charge in [0.1, 0.15) is 5.75 Å². The van der Waals surface area contributed by atoms with E-state index in [9.17, 15) is 14.4 Å². The molecule has 1 N–H and O–H groups in total. The first-order chi connectivity index (χ1) is 14.3. The topological polar surface area (TPSA) is 85.6 Å². The van der Waals surface area contributed by atoms with Crippen LogP contribution in [0.4, 0.5) is 0 Å². The number of hydrogen-bond acceptors (Lipinski definition) is 4. The van der Waals surface area contributed by atoms with E-state index in [4.69, 9.17) is 9.84 Å². The van der Waals surface area contributed by atoms with Gasteiger partial charge in [0.15, 0.2) is 12.4 Å². The molecule has 30 heavy (non-hydrogen) atoms. The smallest absolute Gasteiger partial charge is 0.341 e. The summed E-state index contributed by atoms with van der Waals surface area (Å²) in [5.74, 6) is -2.09. The number of carboxylic acid groups (broad SMARTS) is 1. The van der Waals surface area contributed by atoms with E-state index < -0.39 is 24.1 Å². The van der Waals surface area contributed by atoms with E-state index in [1.54, 1.807) is 24.3 Å². The molecule has 0 unspecified atom stereocenters. The number of aromatic nitrogens is 1. The van der Waals surface area contributed by atoms with Crippen molar-refractivity contribution in [3.63, 3.8) is 0 Å². The Hall–Kier alpha value is -3.41. The highest BCUT2D eigenvalue weighted by atomic mass is 16.5. The first-order valence-corrected chi connectivity index (χ1v) is 9.83. The van der Waals surface area contributed by atoms with E-state index in [0.717, 1.165) is 5.57 Å².